The maximum atomic E-state index is 14.3. The highest BCUT2D eigenvalue weighted by atomic mass is 32.1. The van der Waals surface area contributed by atoms with Crippen LogP contribution in [0, 0.1) is 0 Å². The van der Waals surface area contributed by atoms with E-state index in [1.54, 1.807) is 0 Å². The van der Waals surface area contributed by atoms with Gasteiger partial charge in [0.1, 0.15) is 18.3 Å². The summed E-state index contributed by atoms with van der Waals surface area (Å²) in [7, 11) is 1.28. The van der Waals surface area contributed by atoms with E-state index in [9.17, 15) is 4.79 Å². The van der Waals surface area contributed by atoms with Gasteiger partial charge >= 0.3 is 11.8 Å². The van der Waals surface area contributed by atoms with Crippen molar-refractivity contribution in [2.45, 2.75) is 56.6 Å². The van der Waals surface area contributed by atoms with Gasteiger partial charge in [0, 0.05) is 5.56 Å². The van der Waals surface area contributed by atoms with Crippen molar-refractivity contribution >= 4 is 23.2 Å². The third-order valence-electron chi connectivity index (χ3n) is 8.66. The largest absolute Gasteiger partial charge is 0.470 e. The summed E-state index contributed by atoms with van der Waals surface area (Å²) in [6.07, 6.45) is -3.96. The van der Waals surface area contributed by atoms with Gasteiger partial charge < -0.3 is 33.2 Å². The predicted octanol–water partition coefficient (Wildman–Crippen LogP) is 7.62. The van der Waals surface area contributed by atoms with Crippen LogP contribution in [0.1, 0.15) is 27.8 Å². The first-order valence-corrected chi connectivity index (χ1v) is 17.6. The highest BCUT2D eigenvalue weighted by Crippen LogP contribution is 2.39. The molecule has 0 spiro atoms. The zero-order valence-electron chi connectivity index (χ0n) is 29.0. The minimum Gasteiger partial charge on any atom is -0.470 e. The number of benzene rings is 5. The molecule has 0 saturated carbocycles. The fourth-order valence-electron chi connectivity index (χ4n) is 6.02. The van der Waals surface area contributed by atoms with Crippen LogP contribution in [-0.4, -0.2) is 54.9 Å². The molecule has 6 rings (SSSR count). The molecule has 52 heavy (non-hydrogen) atoms. The molecule has 8 nitrogen and oxygen atoms in total. The van der Waals surface area contributed by atoms with E-state index in [0.717, 1.165) is 22.3 Å². The zero-order valence-corrected chi connectivity index (χ0v) is 29.8. The number of hydrogen-bond acceptors (Lipinski definition) is 9. The summed E-state index contributed by atoms with van der Waals surface area (Å²) in [6, 6.07) is 48.1. The lowest BCUT2D eigenvalue weighted by Crippen LogP contribution is -2.71. The van der Waals surface area contributed by atoms with Crippen molar-refractivity contribution in [3.63, 3.8) is 0 Å². The van der Waals surface area contributed by atoms with Crippen LogP contribution in [0.25, 0.3) is 0 Å². The summed E-state index contributed by atoms with van der Waals surface area (Å²) in [5.74, 6) is -2.97. The Bertz CT molecular complexity index is 1810. The lowest BCUT2D eigenvalue weighted by Gasteiger charge is -2.50. The minimum atomic E-state index is -2.15. The van der Waals surface area contributed by atoms with Crippen molar-refractivity contribution in [1.29, 1.82) is 0 Å². The second kappa shape index (κ2) is 18.7. The summed E-state index contributed by atoms with van der Waals surface area (Å²) < 4.78 is 45.2. The van der Waals surface area contributed by atoms with Crippen LogP contribution in [0.3, 0.4) is 0 Å². The van der Waals surface area contributed by atoms with Crippen molar-refractivity contribution < 1.29 is 38.0 Å². The lowest BCUT2D eigenvalue weighted by molar-refractivity contribution is -0.363. The molecule has 0 unspecified atom stereocenters. The monoisotopic (exact) mass is 718 g/mol. The molecule has 1 saturated heterocycles. The van der Waals surface area contributed by atoms with Crippen molar-refractivity contribution in [3.05, 3.63) is 179 Å². The first-order chi connectivity index (χ1) is 25.6. The Morgan fingerprint density at radius 2 is 1.06 bits per heavy atom. The molecule has 0 bridgehead atoms. The average Bonchev–Trinajstić information content (AvgIpc) is 3.21. The van der Waals surface area contributed by atoms with Crippen LogP contribution in [0.15, 0.2) is 152 Å². The van der Waals surface area contributed by atoms with E-state index in [1.165, 1.54) is 7.11 Å². The Labute approximate surface area is 310 Å². The van der Waals surface area contributed by atoms with Crippen LogP contribution >= 0.6 is 12.2 Å². The van der Waals surface area contributed by atoms with Gasteiger partial charge in [-0.3, -0.25) is 0 Å². The number of ether oxygens (including phenoxy) is 7. The van der Waals surface area contributed by atoms with Gasteiger partial charge in [0.05, 0.1) is 40.1 Å². The lowest BCUT2D eigenvalue weighted by atomic mass is 9.91. The van der Waals surface area contributed by atoms with Crippen molar-refractivity contribution in [2.75, 3.05) is 13.7 Å². The van der Waals surface area contributed by atoms with Gasteiger partial charge in [-0.05, 0) is 34.5 Å². The molecule has 9 heteroatoms. The molecule has 5 aromatic carbocycles. The SMILES string of the molecule is COC(=O)[C@]1(OCc2ccccc2)O[C@H](COCc2ccccc2)[C@@H](OCc2ccccc2)[C@H](OCc2ccccc2)[C@H]1OC(=S)c1ccccc1. The summed E-state index contributed by atoms with van der Waals surface area (Å²) in [5.41, 5.74) is 4.27. The maximum Gasteiger partial charge on any atom is 0.370 e. The van der Waals surface area contributed by atoms with Crippen LogP contribution in [0.2, 0.25) is 0 Å². The van der Waals surface area contributed by atoms with Crippen LogP contribution < -0.4 is 0 Å². The first kappa shape index (κ1) is 37.0. The molecule has 0 amide bonds. The van der Waals surface area contributed by atoms with E-state index >= 15 is 0 Å². The van der Waals surface area contributed by atoms with Crippen LogP contribution in [0.4, 0.5) is 0 Å². The molecule has 1 fully saturated rings. The van der Waals surface area contributed by atoms with Gasteiger partial charge in [0.2, 0.25) is 0 Å². The number of methoxy groups -OCH3 is 1. The number of esters is 1. The normalized spacial score (nSPS) is 21.2. The molecule has 1 aliphatic heterocycles. The third-order valence-corrected chi connectivity index (χ3v) is 9.00. The standard InChI is InChI=1S/C43H42O8S/c1-45-42(44)43(49-30-35-23-13-5-14-24-35)40(50-41(52)36-25-15-6-16-26-36)39(48-29-34-21-11-4-12-22-34)38(47-28-33-19-9-3-10-20-33)37(51-43)31-46-27-32-17-7-2-8-18-32/h2-26,37-40H,27-31H2,1H3/t37-,38-,39+,40-,43-/m1/s1. The molecule has 1 heterocycles. The quantitative estimate of drug-likeness (QED) is 0.0756. The van der Waals surface area contributed by atoms with E-state index in [1.807, 2.05) is 152 Å². The van der Waals surface area contributed by atoms with Crippen molar-refractivity contribution in [1.82, 2.24) is 0 Å². The Morgan fingerprint density at radius 3 is 1.56 bits per heavy atom. The molecule has 268 valence electrons. The third kappa shape index (κ3) is 9.57. The van der Waals surface area contributed by atoms with Crippen molar-refractivity contribution in [2.24, 2.45) is 0 Å². The molecule has 0 aromatic heterocycles. The Kier molecular flexibility index (Phi) is 13.3. The minimum absolute atomic E-state index is 0.00750. The van der Waals surface area contributed by atoms with Crippen molar-refractivity contribution in [3.8, 4) is 0 Å². The van der Waals surface area contributed by atoms with Crippen LogP contribution in [0.5, 0.6) is 0 Å². The van der Waals surface area contributed by atoms with E-state index in [2.05, 4.69) is 0 Å². The van der Waals surface area contributed by atoms with Gasteiger partial charge in [0.25, 0.3) is 0 Å². The number of carbonyl (C=O) groups excluding carboxylic acids is 1. The van der Waals surface area contributed by atoms with E-state index in [-0.39, 0.29) is 31.5 Å². The summed E-state index contributed by atoms with van der Waals surface area (Å²) in [4.78, 5) is 14.3. The Balaban J connectivity index is 1.43. The van der Waals surface area contributed by atoms with Gasteiger partial charge in [-0.25, -0.2) is 4.79 Å². The van der Waals surface area contributed by atoms with E-state index in [4.69, 9.17) is 45.4 Å². The smallest absolute Gasteiger partial charge is 0.370 e. The first-order valence-electron chi connectivity index (χ1n) is 17.2. The molecule has 5 atom stereocenters. The number of carbonyl (C=O) groups is 1. The topological polar surface area (TPSA) is 81.7 Å². The van der Waals surface area contributed by atoms with Gasteiger partial charge in [-0.15, -0.1) is 0 Å². The summed E-state index contributed by atoms with van der Waals surface area (Å²) in [5, 5.41) is 0.125. The number of rotatable bonds is 16. The molecular formula is C43H42O8S. The average molecular weight is 719 g/mol. The van der Waals surface area contributed by atoms with Gasteiger partial charge in [-0.1, -0.05) is 152 Å². The fourth-order valence-corrected chi connectivity index (χ4v) is 6.26. The summed E-state index contributed by atoms with van der Waals surface area (Å²) in [6.45, 7) is 0.717. The molecule has 0 N–H and O–H groups in total. The molecule has 0 radical (unpaired) electrons. The second-order valence-electron chi connectivity index (χ2n) is 12.3. The molecule has 0 aliphatic carbocycles. The maximum absolute atomic E-state index is 14.3. The predicted molar refractivity (Wildman–Crippen MR) is 200 cm³/mol. The fraction of sp³-hybridized carbons (Fsp3) is 0.256. The number of hydrogen-bond donors (Lipinski definition) is 0. The zero-order chi connectivity index (χ0) is 36.0. The second-order valence-corrected chi connectivity index (χ2v) is 12.7. The highest BCUT2D eigenvalue weighted by Gasteiger charge is 2.64. The highest BCUT2D eigenvalue weighted by molar-refractivity contribution is 7.80. The van der Waals surface area contributed by atoms with Gasteiger partial charge in [-0.2, -0.15) is 0 Å². The number of thiocarbonyl (C=S) groups is 1. The summed E-state index contributed by atoms with van der Waals surface area (Å²) >= 11 is 5.86. The van der Waals surface area contributed by atoms with Gasteiger partial charge in [0.15, 0.2) is 11.2 Å². The molecule has 1 aliphatic rings. The molecule has 5 aromatic rings. The Morgan fingerprint density at radius 1 is 0.615 bits per heavy atom. The molecular weight excluding hydrogens is 677 g/mol. The van der Waals surface area contributed by atoms with Crippen LogP contribution in [-0.2, 0) is 64.4 Å². The van der Waals surface area contributed by atoms with E-state index in [0.29, 0.717) is 12.2 Å². The van der Waals surface area contributed by atoms with E-state index < -0.39 is 36.2 Å². The Hall–Kier alpha value is -4.74.